The number of hydrogen-bond acceptors (Lipinski definition) is 4. The van der Waals surface area contributed by atoms with Gasteiger partial charge in [-0.15, -0.1) is 0 Å². The summed E-state index contributed by atoms with van der Waals surface area (Å²) in [5.74, 6) is 0. The van der Waals surface area contributed by atoms with Gasteiger partial charge in [0.15, 0.2) is 0 Å². The molecule has 0 saturated heterocycles. The highest BCUT2D eigenvalue weighted by molar-refractivity contribution is 5.48. The van der Waals surface area contributed by atoms with E-state index in [0.29, 0.717) is 0 Å². The minimum atomic E-state index is 0.0960. The Kier molecular flexibility index (Phi) is 9.80. The van der Waals surface area contributed by atoms with Gasteiger partial charge in [0.05, 0.1) is 24.4 Å². The van der Waals surface area contributed by atoms with Gasteiger partial charge in [-0.3, -0.25) is 10.00 Å². The number of fused-ring (bicyclic) bond motifs is 1. The molecule has 38 heavy (non-hydrogen) atoms. The normalized spacial score (nSPS) is 17.4. The topological polar surface area (TPSA) is 50.4 Å². The zero-order valence-electron chi connectivity index (χ0n) is 24.6. The molecule has 3 unspecified atom stereocenters. The first-order valence-corrected chi connectivity index (χ1v) is 14.7. The van der Waals surface area contributed by atoms with Gasteiger partial charge in [0.2, 0.25) is 0 Å². The van der Waals surface area contributed by atoms with Crippen molar-refractivity contribution in [2.45, 2.75) is 98.9 Å². The van der Waals surface area contributed by atoms with Crippen LogP contribution >= 0.6 is 0 Å². The maximum atomic E-state index is 6.11. The van der Waals surface area contributed by atoms with Crippen LogP contribution in [0, 0.1) is 13.8 Å². The lowest BCUT2D eigenvalue weighted by Crippen LogP contribution is -2.46. The van der Waals surface area contributed by atoms with Crippen LogP contribution in [0.5, 0.6) is 0 Å². The first-order chi connectivity index (χ1) is 18.5. The van der Waals surface area contributed by atoms with E-state index < -0.39 is 0 Å². The summed E-state index contributed by atoms with van der Waals surface area (Å²) >= 11 is 0. The van der Waals surface area contributed by atoms with E-state index >= 15 is 0 Å². The van der Waals surface area contributed by atoms with Gasteiger partial charge >= 0.3 is 0 Å². The van der Waals surface area contributed by atoms with Crippen molar-refractivity contribution in [3.05, 3.63) is 86.7 Å². The molecule has 2 aromatic carbocycles. The maximum absolute atomic E-state index is 6.11. The molecule has 5 nitrogen and oxygen atoms in total. The van der Waals surface area contributed by atoms with Crippen LogP contribution < -0.4 is 0 Å². The third-order valence-corrected chi connectivity index (χ3v) is 8.17. The minimum Gasteiger partial charge on any atom is -0.380 e. The molecule has 3 atom stereocenters. The summed E-state index contributed by atoms with van der Waals surface area (Å²) in [5.41, 5.74) is 11.9. The Morgan fingerprint density at radius 3 is 2.26 bits per heavy atom. The average molecular weight is 518 g/mol. The predicted molar refractivity (Wildman–Crippen MR) is 156 cm³/mol. The lowest BCUT2D eigenvalue weighted by molar-refractivity contribution is 0.0386. The second kappa shape index (κ2) is 13.1. The Morgan fingerprint density at radius 2 is 1.66 bits per heavy atom. The molecule has 0 amide bonds. The number of nitrogens with zero attached hydrogens (tertiary/aromatic N) is 2. The van der Waals surface area contributed by atoms with Crippen molar-refractivity contribution in [3.8, 4) is 0 Å². The Labute approximate surface area is 229 Å². The Balaban J connectivity index is 1.92. The van der Waals surface area contributed by atoms with Gasteiger partial charge in [-0.05, 0) is 86.8 Å². The minimum absolute atomic E-state index is 0.0960. The summed E-state index contributed by atoms with van der Waals surface area (Å²) in [6.07, 6.45) is 3.92. The maximum Gasteiger partial charge on any atom is 0.0822 e. The van der Waals surface area contributed by atoms with Crippen molar-refractivity contribution in [1.29, 1.82) is 0 Å². The highest BCUT2D eigenvalue weighted by Gasteiger charge is 2.37. The fourth-order valence-corrected chi connectivity index (χ4v) is 6.36. The van der Waals surface area contributed by atoms with Crippen LogP contribution in [0.4, 0.5) is 0 Å². The number of rotatable bonds is 12. The fraction of sp³-hybridized carbons (Fsp3) is 0.545. The zero-order valence-corrected chi connectivity index (χ0v) is 24.6. The lowest BCUT2D eigenvalue weighted by Gasteiger charge is -2.43. The van der Waals surface area contributed by atoms with E-state index in [1.807, 2.05) is 0 Å². The number of hydrogen-bond donors (Lipinski definition) is 1. The van der Waals surface area contributed by atoms with Crippen molar-refractivity contribution in [2.24, 2.45) is 0 Å². The van der Waals surface area contributed by atoms with E-state index in [-0.39, 0.29) is 18.2 Å². The van der Waals surface area contributed by atoms with E-state index in [1.165, 1.54) is 50.3 Å². The van der Waals surface area contributed by atoms with Crippen LogP contribution in [-0.2, 0) is 35.3 Å². The molecule has 0 spiro atoms. The number of aromatic amines is 1. The molecule has 0 radical (unpaired) electrons. The monoisotopic (exact) mass is 517 g/mol. The number of nitrogens with one attached hydrogen (secondary N) is 1. The van der Waals surface area contributed by atoms with Gasteiger partial charge in [-0.1, -0.05) is 57.2 Å². The van der Waals surface area contributed by atoms with Crippen molar-refractivity contribution < 1.29 is 9.47 Å². The molecule has 5 heteroatoms. The van der Waals surface area contributed by atoms with Gasteiger partial charge in [0.25, 0.3) is 0 Å². The predicted octanol–water partition coefficient (Wildman–Crippen LogP) is 7.19. The summed E-state index contributed by atoms with van der Waals surface area (Å²) in [5, 5.41) is 8.23. The zero-order chi connectivity index (χ0) is 27.2. The molecule has 2 heterocycles. The molecule has 0 fully saturated rings. The summed E-state index contributed by atoms with van der Waals surface area (Å²) in [6, 6.07) is 14.0. The Hall–Kier alpha value is -2.47. The van der Waals surface area contributed by atoms with Gasteiger partial charge < -0.3 is 9.47 Å². The van der Waals surface area contributed by atoms with Crippen molar-refractivity contribution >= 4 is 0 Å². The summed E-state index contributed by atoms with van der Waals surface area (Å²) in [6.45, 7) is 18.5. The number of aryl methyl sites for hydroxylation is 4. The van der Waals surface area contributed by atoms with Crippen LogP contribution in [0.25, 0.3) is 0 Å². The SMILES string of the molecule is CCOCC1Cc2ccccc2CN1C(c1c(C)cc(C(CC)OCC)cc1C)c1c(CC)n[nH]c1CC. The summed E-state index contributed by atoms with van der Waals surface area (Å²) in [7, 11) is 0. The van der Waals surface area contributed by atoms with Crippen LogP contribution in [0.15, 0.2) is 36.4 Å². The fourth-order valence-electron chi connectivity index (χ4n) is 6.36. The van der Waals surface area contributed by atoms with Crippen LogP contribution in [0.2, 0.25) is 0 Å². The van der Waals surface area contributed by atoms with Crippen molar-refractivity contribution in [1.82, 2.24) is 15.1 Å². The highest BCUT2D eigenvalue weighted by Crippen LogP contribution is 2.42. The first-order valence-electron chi connectivity index (χ1n) is 14.7. The molecule has 1 N–H and O–H groups in total. The van der Waals surface area contributed by atoms with Gasteiger partial charge in [-0.25, -0.2) is 0 Å². The van der Waals surface area contributed by atoms with E-state index in [1.54, 1.807) is 0 Å². The molecule has 1 aliphatic heterocycles. The summed E-state index contributed by atoms with van der Waals surface area (Å²) in [4.78, 5) is 2.70. The largest absolute Gasteiger partial charge is 0.380 e. The molecule has 3 aromatic rings. The standard InChI is InChI=1S/C33H47N3O2/c1-8-28-32(29(9-2)35-34-28)33(31-22(6)17-26(18-23(31)7)30(10-3)38-12-5)36-20-25-16-14-13-15-24(25)19-27(36)21-37-11-4/h13-18,27,30,33H,8-12,19-21H2,1-7H3,(H,34,35). The van der Waals surface area contributed by atoms with E-state index in [9.17, 15) is 0 Å². The van der Waals surface area contributed by atoms with Crippen LogP contribution in [0.3, 0.4) is 0 Å². The molecular weight excluding hydrogens is 470 g/mol. The molecule has 0 saturated carbocycles. The van der Waals surface area contributed by atoms with Gasteiger partial charge in [0.1, 0.15) is 0 Å². The molecule has 0 aliphatic carbocycles. The second-order valence-electron chi connectivity index (χ2n) is 10.6. The Bertz CT molecular complexity index is 1160. The van der Waals surface area contributed by atoms with Crippen molar-refractivity contribution in [3.63, 3.8) is 0 Å². The van der Waals surface area contributed by atoms with Crippen LogP contribution in [0.1, 0.15) is 104 Å². The van der Waals surface area contributed by atoms with E-state index in [4.69, 9.17) is 14.6 Å². The number of H-pyrrole nitrogens is 1. The average Bonchev–Trinajstić information content (AvgIpc) is 3.34. The van der Waals surface area contributed by atoms with Gasteiger partial charge in [0, 0.05) is 37.1 Å². The van der Waals surface area contributed by atoms with Gasteiger partial charge in [-0.2, -0.15) is 5.10 Å². The quantitative estimate of drug-likeness (QED) is 0.276. The molecule has 206 valence electrons. The van der Waals surface area contributed by atoms with E-state index in [2.05, 4.69) is 94.9 Å². The second-order valence-corrected chi connectivity index (χ2v) is 10.6. The molecule has 4 rings (SSSR count). The summed E-state index contributed by atoms with van der Waals surface area (Å²) < 4.78 is 12.2. The Morgan fingerprint density at radius 1 is 0.947 bits per heavy atom. The number of aromatic nitrogens is 2. The smallest absolute Gasteiger partial charge is 0.0822 e. The van der Waals surface area contributed by atoms with Crippen molar-refractivity contribution in [2.75, 3.05) is 19.8 Å². The highest BCUT2D eigenvalue weighted by atomic mass is 16.5. The molecule has 1 aromatic heterocycles. The molecule has 1 aliphatic rings. The number of benzene rings is 2. The third kappa shape index (κ3) is 5.75. The van der Waals surface area contributed by atoms with E-state index in [0.717, 1.165) is 52.0 Å². The third-order valence-electron chi connectivity index (χ3n) is 8.17. The first kappa shape index (κ1) is 28.5. The molecule has 0 bridgehead atoms. The lowest BCUT2D eigenvalue weighted by atomic mass is 9.83. The molecular formula is C33H47N3O2. The number of ether oxygens (including phenoxy) is 2. The van der Waals surface area contributed by atoms with Crippen LogP contribution in [-0.4, -0.2) is 41.0 Å².